The third-order valence-electron chi connectivity index (χ3n) is 4.54. The molecule has 0 radical (unpaired) electrons. The zero-order valence-electron chi connectivity index (χ0n) is 17.1. The smallest absolute Gasteiger partial charge is 0.255 e. The number of sulfonamides is 1. The fraction of sp³-hybridized carbons (Fsp3) is 0.174. The van der Waals surface area contributed by atoms with Crippen molar-refractivity contribution in [2.75, 3.05) is 12.3 Å². The maximum absolute atomic E-state index is 12.9. The van der Waals surface area contributed by atoms with Crippen LogP contribution in [0.25, 0.3) is 0 Å². The second kappa shape index (κ2) is 11.1. The first-order valence-corrected chi connectivity index (χ1v) is 11.8. The first kappa shape index (κ1) is 23.7. The molecule has 0 aliphatic rings. The number of carbonyl (C=O) groups is 1. The van der Waals surface area contributed by atoms with Gasteiger partial charge in [-0.3, -0.25) is 4.79 Å². The van der Waals surface area contributed by atoms with Crippen molar-refractivity contribution in [1.29, 1.82) is 0 Å². The number of amides is 1. The molecular formula is C23H22ClFN2O4S. The van der Waals surface area contributed by atoms with E-state index in [2.05, 4.69) is 10.0 Å². The first-order chi connectivity index (χ1) is 15.3. The van der Waals surface area contributed by atoms with Gasteiger partial charge in [-0.05, 0) is 35.9 Å². The average molecular weight is 477 g/mol. The molecule has 0 aromatic heterocycles. The Balaban J connectivity index is 1.52. The molecule has 0 fully saturated rings. The molecule has 0 saturated heterocycles. The van der Waals surface area contributed by atoms with Gasteiger partial charge in [-0.15, -0.1) is 0 Å². The zero-order valence-corrected chi connectivity index (χ0v) is 18.6. The SMILES string of the molecule is O=C(NCCS(=O)(=O)NCc1ccc(F)cc1)c1ccccc1OCc1ccccc1Cl. The van der Waals surface area contributed by atoms with Gasteiger partial charge >= 0.3 is 0 Å². The molecule has 0 unspecified atom stereocenters. The fourth-order valence-corrected chi connectivity index (χ4v) is 3.90. The third-order valence-corrected chi connectivity index (χ3v) is 6.23. The zero-order chi connectivity index (χ0) is 23.0. The number of rotatable bonds is 10. The molecule has 0 heterocycles. The normalized spacial score (nSPS) is 11.2. The number of nitrogens with one attached hydrogen (secondary N) is 2. The largest absolute Gasteiger partial charge is 0.488 e. The maximum Gasteiger partial charge on any atom is 0.255 e. The molecular weight excluding hydrogens is 455 g/mol. The van der Waals surface area contributed by atoms with E-state index in [1.807, 2.05) is 18.2 Å². The quantitative estimate of drug-likeness (QED) is 0.464. The standard InChI is InChI=1S/C23H22ClFN2O4S/c24-21-7-3-1-5-18(21)16-31-22-8-4-2-6-20(22)23(28)26-13-14-32(29,30)27-15-17-9-11-19(25)12-10-17/h1-12,27H,13-16H2,(H,26,28). The molecule has 6 nitrogen and oxygen atoms in total. The van der Waals surface area contributed by atoms with Crippen LogP contribution in [0.4, 0.5) is 4.39 Å². The van der Waals surface area contributed by atoms with Crippen LogP contribution in [0.3, 0.4) is 0 Å². The molecule has 2 N–H and O–H groups in total. The predicted octanol–water partition coefficient (Wildman–Crippen LogP) is 3.91. The Bertz CT molecular complexity index is 1170. The maximum atomic E-state index is 12.9. The van der Waals surface area contributed by atoms with Crippen LogP contribution in [0.2, 0.25) is 5.02 Å². The predicted molar refractivity (Wildman–Crippen MR) is 122 cm³/mol. The van der Waals surface area contributed by atoms with E-state index in [1.54, 1.807) is 30.3 Å². The lowest BCUT2D eigenvalue weighted by Gasteiger charge is -2.13. The van der Waals surface area contributed by atoms with Crippen LogP contribution in [0.15, 0.2) is 72.8 Å². The van der Waals surface area contributed by atoms with E-state index in [0.717, 1.165) is 5.56 Å². The number of ether oxygens (including phenoxy) is 1. The van der Waals surface area contributed by atoms with Crippen LogP contribution in [0.5, 0.6) is 5.75 Å². The number of carbonyl (C=O) groups excluding carboxylic acids is 1. The van der Waals surface area contributed by atoms with Gasteiger partial charge in [-0.1, -0.05) is 54.1 Å². The highest BCUT2D eigenvalue weighted by atomic mass is 35.5. The lowest BCUT2D eigenvalue weighted by atomic mass is 10.2. The average Bonchev–Trinajstić information content (AvgIpc) is 2.78. The van der Waals surface area contributed by atoms with Gasteiger partial charge in [0, 0.05) is 23.7 Å². The second-order valence-corrected chi connectivity index (χ2v) is 9.23. The van der Waals surface area contributed by atoms with Gasteiger partial charge in [-0.25, -0.2) is 17.5 Å². The van der Waals surface area contributed by atoms with E-state index in [9.17, 15) is 17.6 Å². The van der Waals surface area contributed by atoms with E-state index in [4.69, 9.17) is 16.3 Å². The minimum atomic E-state index is -3.63. The second-order valence-electron chi connectivity index (χ2n) is 6.90. The van der Waals surface area contributed by atoms with Gasteiger partial charge in [-0.2, -0.15) is 0 Å². The fourth-order valence-electron chi connectivity index (χ4n) is 2.81. The summed E-state index contributed by atoms with van der Waals surface area (Å²) >= 11 is 6.14. The Morgan fingerprint density at radius 1 is 0.969 bits per heavy atom. The molecule has 0 bridgehead atoms. The summed E-state index contributed by atoms with van der Waals surface area (Å²) in [6.07, 6.45) is 0. The van der Waals surface area contributed by atoms with Crippen molar-refractivity contribution in [1.82, 2.24) is 10.0 Å². The van der Waals surface area contributed by atoms with Crippen molar-refractivity contribution >= 4 is 27.5 Å². The number of benzene rings is 3. The summed E-state index contributed by atoms with van der Waals surface area (Å²) in [5, 5.41) is 3.16. The summed E-state index contributed by atoms with van der Waals surface area (Å²) < 4.78 is 45.5. The number of hydrogen-bond donors (Lipinski definition) is 2. The van der Waals surface area contributed by atoms with E-state index in [0.29, 0.717) is 16.3 Å². The Kier molecular flexibility index (Phi) is 8.21. The van der Waals surface area contributed by atoms with Crippen LogP contribution in [-0.2, 0) is 23.2 Å². The lowest BCUT2D eigenvalue weighted by molar-refractivity contribution is 0.0951. The minimum Gasteiger partial charge on any atom is -0.488 e. The summed E-state index contributed by atoms with van der Waals surface area (Å²) in [6, 6.07) is 19.4. The summed E-state index contributed by atoms with van der Waals surface area (Å²) in [4.78, 5) is 12.6. The minimum absolute atomic E-state index is 0.0370. The van der Waals surface area contributed by atoms with Gasteiger partial charge in [0.15, 0.2) is 0 Å². The molecule has 0 spiro atoms. The van der Waals surface area contributed by atoms with Crippen molar-refractivity contribution in [2.24, 2.45) is 0 Å². The summed E-state index contributed by atoms with van der Waals surface area (Å²) in [5.74, 6) is -0.783. The van der Waals surface area contributed by atoms with Crippen molar-refractivity contribution < 1.29 is 22.3 Å². The summed E-state index contributed by atoms with van der Waals surface area (Å²) in [6.45, 7) is 0.136. The molecule has 3 rings (SSSR count). The highest BCUT2D eigenvalue weighted by Crippen LogP contribution is 2.22. The Morgan fingerprint density at radius 3 is 2.41 bits per heavy atom. The van der Waals surface area contributed by atoms with Crippen molar-refractivity contribution in [2.45, 2.75) is 13.2 Å². The molecule has 0 aliphatic heterocycles. The van der Waals surface area contributed by atoms with Gasteiger partial charge < -0.3 is 10.1 Å². The monoisotopic (exact) mass is 476 g/mol. The Morgan fingerprint density at radius 2 is 1.66 bits per heavy atom. The summed E-state index contributed by atoms with van der Waals surface area (Å²) in [5.41, 5.74) is 1.70. The van der Waals surface area contributed by atoms with E-state index >= 15 is 0 Å². The van der Waals surface area contributed by atoms with Crippen molar-refractivity contribution in [3.63, 3.8) is 0 Å². The first-order valence-electron chi connectivity index (χ1n) is 9.79. The highest BCUT2D eigenvalue weighted by Gasteiger charge is 2.15. The molecule has 0 aliphatic carbocycles. The van der Waals surface area contributed by atoms with Gasteiger partial charge in [0.05, 0.1) is 11.3 Å². The van der Waals surface area contributed by atoms with Crippen LogP contribution in [-0.4, -0.2) is 26.6 Å². The van der Waals surface area contributed by atoms with E-state index < -0.39 is 21.7 Å². The topological polar surface area (TPSA) is 84.5 Å². The van der Waals surface area contributed by atoms with Gasteiger partial charge in [0.25, 0.3) is 5.91 Å². The van der Waals surface area contributed by atoms with E-state index in [1.165, 1.54) is 24.3 Å². The Labute approximate surface area is 191 Å². The van der Waals surface area contributed by atoms with Crippen LogP contribution < -0.4 is 14.8 Å². The molecule has 0 saturated carbocycles. The molecule has 168 valence electrons. The van der Waals surface area contributed by atoms with Crippen LogP contribution >= 0.6 is 11.6 Å². The number of hydrogen-bond acceptors (Lipinski definition) is 4. The number of halogens is 2. The molecule has 1 amide bonds. The molecule has 0 atom stereocenters. The summed E-state index contributed by atoms with van der Waals surface area (Å²) in [7, 11) is -3.63. The Hall–Kier alpha value is -2.94. The van der Waals surface area contributed by atoms with Crippen LogP contribution in [0, 0.1) is 5.82 Å². The molecule has 32 heavy (non-hydrogen) atoms. The molecule has 3 aromatic carbocycles. The molecule has 3 aromatic rings. The van der Waals surface area contributed by atoms with Gasteiger partial charge in [0.2, 0.25) is 10.0 Å². The van der Waals surface area contributed by atoms with E-state index in [-0.39, 0.29) is 31.0 Å². The third kappa shape index (κ3) is 7.05. The van der Waals surface area contributed by atoms with Gasteiger partial charge in [0.1, 0.15) is 18.2 Å². The number of para-hydroxylation sites is 1. The highest BCUT2D eigenvalue weighted by molar-refractivity contribution is 7.89. The molecule has 9 heteroatoms. The van der Waals surface area contributed by atoms with Crippen molar-refractivity contribution in [3.05, 3.63) is 100 Å². The lowest BCUT2D eigenvalue weighted by Crippen LogP contribution is -2.34. The van der Waals surface area contributed by atoms with Crippen molar-refractivity contribution in [3.8, 4) is 5.75 Å². The van der Waals surface area contributed by atoms with Crippen LogP contribution in [0.1, 0.15) is 21.5 Å².